The molecule has 0 N–H and O–H groups in total. The number of Topliss-reactive ketones (excluding diaryl/α,β-unsaturated/α-hetero) is 1. The fourth-order valence-electron chi connectivity index (χ4n) is 3.13. The molecule has 2 fully saturated rings. The maximum atomic E-state index is 12.1. The van der Waals surface area contributed by atoms with E-state index in [0.717, 1.165) is 0 Å². The van der Waals surface area contributed by atoms with Crippen molar-refractivity contribution in [3.63, 3.8) is 0 Å². The van der Waals surface area contributed by atoms with Crippen molar-refractivity contribution in [3.8, 4) is 0 Å². The minimum Gasteiger partial charge on any atom is -0.358 e. The monoisotopic (exact) mass is 228 g/mol. The second kappa shape index (κ2) is 2.80. The second-order valence-corrected chi connectivity index (χ2v) is 7.40. The highest BCUT2D eigenvalue weighted by Gasteiger charge is 2.76. The highest BCUT2D eigenvalue weighted by molar-refractivity contribution is 8.01. The Morgan fingerprint density at radius 2 is 1.60 bits per heavy atom. The van der Waals surface area contributed by atoms with Gasteiger partial charge in [-0.15, -0.1) is 11.8 Å². The smallest absolute Gasteiger partial charge is 0.151 e. The third-order valence-electron chi connectivity index (χ3n) is 4.15. The molecule has 1 aliphatic heterocycles. The van der Waals surface area contributed by atoms with Gasteiger partial charge in [-0.1, -0.05) is 6.92 Å². The van der Waals surface area contributed by atoms with E-state index in [1.807, 2.05) is 39.5 Å². The first-order chi connectivity index (χ1) is 6.67. The number of thioether (sulfide) groups is 1. The van der Waals surface area contributed by atoms with Crippen molar-refractivity contribution in [1.29, 1.82) is 0 Å². The number of rotatable bonds is 0. The second-order valence-electron chi connectivity index (χ2n) is 5.84. The van der Waals surface area contributed by atoms with Gasteiger partial charge in [-0.2, -0.15) is 0 Å². The highest BCUT2D eigenvalue weighted by atomic mass is 32.2. The molecule has 0 aromatic heterocycles. The molecule has 1 aliphatic carbocycles. The van der Waals surface area contributed by atoms with E-state index in [1.165, 1.54) is 0 Å². The van der Waals surface area contributed by atoms with Crippen molar-refractivity contribution in [2.75, 3.05) is 0 Å². The van der Waals surface area contributed by atoms with Crippen molar-refractivity contribution in [3.05, 3.63) is 0 Å². The Hall–Kier alpha value is -0.0200. The summed E-state index contributed by atoms with van der Waals surface area (Å²) in [5.74, 6) is 0.323. The maximum absolute atomic E-state index is 12.1. The van der Waals surface area contributed by atoms with Crippen LogP contribution >= 0.6 is 11.8 Å². The topological polar surface area (TPSA) is 26.3 Å². The third kappa shape index (κ3) is 1.04. The van der Waals surface area contributed by atoms with E-state index in [9.17, 15) is 4.79 Å². The summed E-state index contributed by atoms with van der Waals surface area (Å²) in [6.45, 7) is 12.3. The molecule has 15 heavy (non-hydrogen) atoms. The van der Waals surface area contributed by atoms with Gasteiger partial charge in [0.05, 0.1) is 16.9 Å². The summed E-state index contributed by atoms with van der Waals surface area (Å²) < 4.78 is 6.14. The predicted octanol–water partition coefficient (Wildman–Crippen LogP) is 2.86. The predicted molar refractivity (Wildman–Crippen MR) is 62.9 cm³/mol. The van der Waals surface area contributed by atoms with E-state index in [2.05, 4.69) is 13.8 Å². The molecule has 2 nitrogen and oxygen atoms in total. The van der Waals surface area contributed by atoms with Crippen LogP contribution in [0.2, 0.25) is 0 Å². The van der Waals surface area contributed by atoms with Crippen LogP contribution in [0, 0.1) is 10.8 Å². The van der Waals surface area contributed by atoms with Crippen LogP contribution in [0.3, 0.4) is 0 Å². The summed E-state index contributed by atoms with van der Waals surface area (Å²) in [7, 11) is 0. The van der Waals surface area contributed by atoms with E-state index in [1.54, 1.807) is 0 Å². The Balaban J connectivity index is 2.41. The Kier molecular flexibility index (Phi) is 2.14. The molecule has 0 amide bonds. The molecule has 2 rings (SSSR count). The lowest BCUT2D eigenvalue weighted by Crippen LogP contribution is -2.72. The van der Waals surface area contributed by atoms with Crippen molar-refractivity contribution in [2.45, 2.75) is 57.8 Å². The Morgan fingerprint density at radius 1 is 1.13 bits per heavy atom. The van der Waals surface area contributed by atoms with Gasteiger partial charge in [0.1, 0.15) is 4.93 Å². The minimum absolute atomic E-state index is 0.238. The molecule has 1 spiro atoms. The summed E-state index contributed by atoms with van der Waals surface area (Å²) in [4.78, 5) is 11.8. The molecule has 86 valence electrons. The van der Waals surface area contributed by atoms with E-state index in [4.69, 9.17) is 4.74 Å². The van der Waals surface area contributed by atoms with Crippen molar-refractivity contribution >= 4 is 17.5 Å². The number of carbonyl (C=O) groups excluding carboxylic acids is 1. The number of hydrogen-bond acceptors (Lipinski definition) is 3. The minimum atomic E-state index is -0.347. The molecule has 2 aliphatic rings. The lowest BCUT2D eigenvalue weighted by atomic mass is 9.51. The SMILES string of the molecule is C[C@H]1OC2(S[C@@H]1C)C(C)(C)C(=O)C2(C)C. The molecule has 0 aromatic rings. The van der Waals surface area contributed by atoms with Crippen LogP contribution in [-0.4, -0.2) is 22.1 Å². The Morgan fingerprint density at radius 3 is 1.93 bits per heavy atom. The summed E-state index contributed by atoms with van der Waals surface area (Å²) in [6.07, 6.45) is 0.238. The quantitative estimate of drug-likeness (QED) is 0.637. The van der Waals surface area contributed by atoms with Gasteiger partial charge in [0, 0.05) is 5.25 Å². The fourth-order valence-corrected chi connectivity index (χ4v) is 4.88. The lowest BCUT2D eigenvalue weighted by molar-refractivity contribution is -0.210. The van der Waals surface area contributed by atoms with E-state index >= 15 is 0 Å². The molecule has 0 aromatic carbocycles. The van der Waals surface area contributed by atoms with Gasteiger partial charge in [0.2, 0.25) is 0 Å². The normalized spacial score (nSPS) is 40.5. The zero-order valence-electron chi connectivity index (χ0n) is 10.4. The first-order valence-corrected chi connectivity index (χ1v) is 6.45. The van der Waals surface area contributed by atoms with Gasteiger partial charge < -0.3 is 4.74 Å². The highest BCUT2D eigenvalue weighted by Crippen LogP contribution is 2.69. The van der Waals surface area contributed by atoms with Crippen LogP contribution in [0.5, 0.6) is 0 Å². The molecule has 1 heterocycles. The molecule has 1 saturated carbocycles. The van der Waals surface area contributed by atoms with Gasteiger partial charge in [0.15, 0.2) is 5.78 Å². The molecule has 2 atom stereocenters. The molecule has 1 saturated heterocycles. The molecule has 3 heteroatoms. The third-order valence-corrected chi connectivity index (χ3v) is 6.35. The van der Waals surface area contributed by atoms with Crippen molar-refractivity contribution < 1.29 is 9.53 Å². The van der Waals surface area contributed by atoms with Crippen LogP contribution in [0.4, 0.5) is 0 Å². The zero-order valence-corrected chi connectivity index (χ0v) is 11.2. The fraction of sp³-hybridized carbons (Fsp3) is 0.917. The van der Waals surface area contributed by atoms with Gasteiger partial charge in [-0.25, -0.2) is 0 Å². The summed E-state index contributed by atoms with van der Waals surface area (Å²) in [5.41, 5.74) is -0.694. The first kappa shape index (κ1) is 11.5. The molecule has 0 bridgehead atoms. The molecule has 0 radical (unpaired) electrons. The average molecular weight is 228 g/mol. The standard InChI is InChI=1S/C12H20O2S/c1-7-8(2)15-12(14-7)10(3,4)9(13)11(12,5)6/h7-8H,1-6H3/t7-,8-/m1/s1. The summed E-state index contributed by atoms with van der Waals surface area (Å²) in [6, 6.07) is 0. The van der Waals surface area contributed by atoms with Crippen LogP contribution in [0.25, 0.3) is 0 Å². The molecular formula is C12H20O2S. The van der Waals surface area contributed by atoms with Gasteiger partial charge in [-0.05, 0) is 34.6 Å². The van der Waals surface area contributed by atoms with Crippen LogP contribution in [0.15, 0.2) is 0 Å². The van der Waals surface area contributed by atoms with E-state index in [-0.39, 0.29) is 21.9 Å². The largest absolute Gasteiger partial charge is 0.358 e. The molecule has 0 unspecified atom stereocenters. The number of ketones is 1. The van der Waals surface area contributed by atoms with Crippen molar-refractivity contribution in [1.82, 2.24) is 0 Å². The summed E-state index contributed by atoms with van der Waals surface area (Å²) in [5, 5.41) is 0.469. The Labute approximate surface area is 96.1 Å². The van der Waals surface area contributed by atoms with Gasteiger partial charge in [-0.3, -0.25) is 4.79 Å². The lowest BCUT2D eigenvalue weighted by Gasteiger charge is -2.62. The van der Waals surface area contributed by atoms with Gasteiger partial charge >= 0.3 is 0 Å². The Bertz CT molecular complexity index is 290. The number of hydrogen-bond donors (Lipinski definition) is 0. The first-order valence-electron chi connectivity index (χ1n) is 5.57. The van der Waals surface area contributed by atoms with E-state index in [0.29, 0.717) is 11.0 Å². The van der Waals surface area contributed by atoms with Crippen molar-refractivity contribution in [2.24, 2.45) is 10.8 Å². The average Bonchev–Trinajstić information content (AvgIpc) is 2.44. The maximum Gasteiger partial charge on any atom is 0.151 e. The molecular weight excluding hydrogens is 208 g/mol. The number of carbonyl (C=O) groups is 1. The van der Waals surface area contributed by atoms with Gasteiger partial charge in [0.25, 0.3) is 0 Å². The summed E-state index contributed by atoms with van der Waals surface area (Å²) >= 11 is 1.84. The van der Waals surface area contributed by atoms with Crippen LogP contribution in [-0.2, 0) is 9.53 Å². The van der Waals surface area contributed by atoms with Crippen LogP contribution in [0.1, 0.15) is 41.5 Å². The van der Waals surface area contributed by atoms with E-state index < -0.39 is 0 Å². The van der Waals surface area contributed by atoms with Crippen LogP contribution < -0.4 is 0 Å². The zero-order chi connectivity index (χ0) is 11.6. The number of ether oxygens (including phenoxy) is 1.